The molecule has 0 spiro atoms. The highest BCUT2D eigenvalue weighted by Crippen LogP contribution is 2.48. The Balaban J connectivity index is 2.26. The van der Waals surface area contributed by atoms with Crippen molar-refractivity contribution in [3.05, 3.63) is 16.1 Å². The Bertz CT molecular complexity index is 454. The molecule has 1 aliphatic carbocycles. The molecule has 0 radical (unpaired) electrons. The van der Waals surface area contributed by atoms with Crippen molar-refractivity contribution < 1.29 is 9.53 Å². The molecule has 19 heavy (non-hydrogen) atoms. The van der Waals surface area contributed by atoms with Crippen LogP contribution in [0.1, 0.15) is 68.1 Å². The van der Waals surface area contributed by atoms with Crippen LogP contribution >= 0.6 is 11.3 Å². The van der Waals surface area contributed by atoms with Crippen molar-refractivity contribution in [2.45, 2.75) is 59.0 Å². The maximum atomic E-state index is 11.4. The average molecular weight is 281 g/mol. The van der Waals surface area contributed by atoms with E-state index in [-0.39, 0.29) is 11.4 Å². The fourth-order valence-corrected chi connectivity index (χ4v) is 3.69. The maximum Gasteiger partial charge on any atom is 0.171 e. The number of hydrogen-bond donors (Lipinski definition) is 0. The molecule has 4 heteroatoms. The maximum absolute atomic E-state index is 11.4. The van der Waals surface area contributed by atoms with Crippen LogP contribution in [-0.2, 0) is 10.3 Å². The normalized spacial score (nSPS) is 21.3. The van der Waals surface area contributed by atoms with Crippen LogP contribution in [0.5, 0.6) is 0 Å². The first kappa shape index (κ1) is 14.7. The summed E-state index contributed by atoms with van der Waals surface area (Å²) in [6.45, 7) is 8.93. The zero-order valence-electron chi connectivity index (χ0n) is 12.3. The molecule has 0 bridgehead atoms. The number of ether oxygens (including phenoxy) is 1. The number of aromatic nitrogens is 1. The van der Waals surface area contributed by atoms with Gasteiger partial charge in [0.15, 0.2) is 5.78 Å². The van der Waals surface area contributed by atoms with Gasteiger partial charge in [0.2, 0.25) is 0 Å². The van der Waals surface area contributed by atoms with Crippen molar-refractivity contribution in [1.29, 1.82) is 0 Å². The van der Waals surface area contributed by atoms with Gasteiger partial charge in [-0.1, -0.05) is 13.8 Å². The second kappa shape index (κ2) is 5.33. The number of ketones is 1. The molecule has 1 aliphatic rings. The van der Waals surface area contributed by atoms with E-state index >= 15 is 0 Å². The quantitative estimate of drug-likeness (QED) is 0.777. The lowest BCUT2D eigenvalue weighted by Crippen LogP contribution is -2.37. The first-order valence-corrected chi connectivity index (χ1v) is 7.81. The van der Waals surface area contributed by atoms with E-state index in [9.17, 15) is 4.79 Å². The summed E-state index contributed by atoms with van der Waals surface area (Å²) in [5.41, 5.74) is 0.129. The molecule has 1 aromatic rings. The van der Waals surface area contributed by atoms with Gasteiger partial charge in [0.05, 0.1) is 4.88 Å². The third kappa shape index (κ3) is 3.06. The van der Waals surface area contributed by atoms with E-state index in [0.29, 0.717) is 12.0 Å². The molecular weight excluding hydrogens is 258 g/mol. The zero-order valence-corrected chi connectivity index (χ0v) is 13.1. The summed E-state index contributed by atoms with van der Waals surface area (Å²) in [6.07, 6.45) is 5.98. The van der Waals surface area contributed by atoms with Crippen molar-refractivity contribution in [2.75, 3.05) is 6.61 Å². The minimum atomic E-state index is -0.261. The summed E-state index contributed by atoms with van der Waals surface area (Å²) < 4.78 is 6.08. The highest BCUT2D eigenvalue weighted by Gasteiger charge is 2.42. The van der Waals surface area contributed by atoms with E-state index in [2.05, 4.69) is 18.8 Å². The molecule has 1 aromatic heterocycles. The number of Topliss-reactive ketones (excluding diaryl/α,β-unsaturated/α-hetero) is 1. The Kier molecular flexibility index (Phi) is 4.11. The van der Waals surface area contributed by atoms with Crippen LogP contribution in [0.15, 0.2) is 6.20 Å². The van der Waals surface area contributed by atoms with Crippen LogP contribution in [0.25, 0.3) is 0 Å². The lowest BCUT2D eigenvalue weighted by molar-refractivity contribution is -0.0890. The highest BCUT2D eigenvalue weighted by molar-refractivity contribution is 7.13. The number of nitrogens with zero attached hydrogens (tertiary/aromatic N) is 1. The van der Waals surface area contributed by atoms with Crippen LogP contribution in [-0.4, -0.2) is 17.4 Å². The average Bonchev–Trinajstić information content (AvgIpc) is 2.83. The van der Waals surface area contributed by atoms with Gasteiger partial charge in [0.1, 0.15) is 10.6 Å². The van der Waals surface area contributed by atoms with E-state index in [1.807, 2.05) is 6.92 Å². The Morgan fingerprint density at radius 3 is 2.47 bits per heavy atom. The molecule has 0 unspecified atom stereocenters. The van der Waals surface area contributed by atoms with Crippen LogP contribution in [0, 0.1) is 5.41 Å². The Morgan fingerprint density at radius 2 is 2.00 bits per heavy atom. The van der Waals surface area contributed by atoms with Crippen molar-refractivity contribution in [3.63, 3.8) is 0 Å². The fraction of sp³-hybridized carbons (Fsp3) is 0.733. The van der Waals surface area contributed by atoms with Gasteiger partial charge in [0, 0.05) is 19.7 Å². The number of rotatable bonds is 4. The van der Waals surface area contributed by atoms with E-state index < -0.39 is 0 Å². The lowest BCUT2D eigenvalue weighted by Gasteiger charge is -2.42. The van der Waals surface area contributed by atoms with Crippen molar-refractivity contribution in [2.24, 2.45) is 5.41 Å². The Labute approximate surface area is 119 Å². The Hall–Kier alpha value is -0.740. The minimum absolute atomic E-state index is 0.0894. The van der Waals surface area contributed by atoms with Gasteiger partial charge in [-0.2, -0.15) is 0 Å². The van der Waals surface area contributed by atoms with E-state index in [0.717, 1.165) is 35.6 Å². The summed E-state index contributed by atoms with van der Waals surface area (Å²) in [5.74, 6) is 0.0894. The van der Waals surface area contributed by atoms with Gasteiger partial charge >= 0.3 is 0 Å². The number of carbonyl (C=O) groups is 1. The molecule has 1 fully saturated rings. The van der Waals surface area contributed by atoms with E-state index in [1.165, 1.54) is 11.3 Å². The predicted molar refractivity (Wildman–Crippen MR) is 77.7 cm³/mol. The highest BCUT2D eigenvalue weighted by atomic mass is 32.1. The molecule has 2 rings (SSSR count). The Morgan fingerprint density at radius 1 is 1.37 bits per heavy atom. The van der Waals surface area contributed by atoms with Crippen molar-refractivity contribution in [1.82, 2.24) is 4.98 Å². The van der Waals surface area contributed by atoms with Gasteiger partial charge in [-0.15, -0.1) is 11.3 Å². The first-order valence-electron chi connectivity index (χ1n) is 7.00. The lowest BCUT2D eigenvalue weighted by atomic mass is 9.71. The number of thiazole rings is 1. The topological polar surface area (TPSA) is 39.2 Å². The van der Waals surface area contributed by atoms with Gasteiger partial charge in [-0.3, -0.25) is 4.79 Å². The van der Waals surface area contributed by atoms with Crippen molar-refractivity contribution >= 4 is 17.1 Å². The zero-order chi connectivity index (χ0) is 14.1. The molecule has 1 saturated carbocycles. The largest absolute Gasteiger partial charge is 0.368 e. The smallest absolute Gasteiger partial charge is 0.171 e. The molecule has 0 N–H and O–H groups in total. The summed E-state index contributed by atoms with van der Waals surface area (Å²) in [7, 11) is 0. The van der Waals surface area contributed by atoms with Gasteiger partial charge in [-0.05, 0) is 38.0 Å². The molecule has 3 nitrogen and oxygen atoms in total. The minimum Gasteiger partial charge on any atom is -0.368 e. The molecular formula is C15H23NO2S. The SMILES string of the molecule is CCOC1(c2ncc(C(C)=O)s2)CCC(C)(C)CC1. The van der Waals surface area contributed by atoms with E-state index in [1.54, 1.807) is 13.1 Å². The summed E-state index contributed by atoms with van der Waals surface area (Å²) >= 11 is 1.50. The predicted octanol–water partition coefficient (Wildman–Crippen LogP) is 4.18. The van der Waals surface area contributed by atoms with Crippen molar-refractivity contribution in [3.8, 4) is 0 Å². The molecule has 1 heterocycles. The number of carbonyl (C=O) groups excluding carboxylic acids is 1. The molecule has 0 atom stereocenters. The molecule has 0 aliphatic heterocycles. The number of hydrogen-bond acceptors (Lipinski definition) is 4. The molecule has 0 amide bonds. The molecule has 0 saturated heterocycles. The van der Waals surface area contributed by atoms with Gasteiger partial charge in [-0.25, -0.2) is 4.98 Å². The molecule has 106 valence electrons. The second-order valence-corrected chi connectivity index (χ2v) is 7.21. The molecule has 0 aromatic carbocycles. The van der Waals surface area contributed by atoms with Gasteiger partial charge < -0.3 is 4.74 Å². The van der Waals surface area contributed by atoms with Crippen LogP contribution in [0.3, 0.4) is 0 Å². The summed E-state index contributed by atoms with van der Waals surface area (Å²) in [5, 5.41) is 0.982. The second-order valence-electron chi connectivity index (χ2n) is 6.18. The monoisotopic (exact) mass is 281 g/mol. The van der Waals surface area contributed by atoms with Crippen LogP contribution in [0.4, 0.5) is 0 Å². The van der Waals surface area contributed by atoms with Crippen LogP contribution < -0.4 is 0 Å². The third-order valence-corrected chi connectivity index (χ3v) is 5.36. The van der Waals surface area contributed by atoms with Crippen LogP contribution in [0.2, 0.25) is 0 Å². The van der Waals surface area contributed by atoms with Gasteiger partial charge in [0.25, 0.3) is 0 Å². The summed E-state index contributed by atoms with van der Waals surface area (Å²) in [6, 6.07) is 0. The first-order chi connectivity index (χ1) is 8.88. The third-order valence-electron chi connectivity index (χ3n) is 4.07. The van der Waals surface area contributed by atoms with E-state index in [4.69, 9.17) is 4.74 Å². The summed E-state index contributed by atoms with van der Waals surface area (Å²) in [4.78, 5) is 16.6. The fourth-order valence-electron chi connectivity index (χ4n) is 2.67. The standard InChI is InChI=1S/C15H23NO2S/c1-5-18-15(8-6-14(3,4)7-9-15)13-16-10-12(19-13)11(2)17/h10H,5-9H2,1-4H3.